The van der Waals surface area contributed by atoms with Crippen LogP contribution in [-0.2, 0) is 13.0 Å². The largest absolute Gasteiger partial charge is 0.487 e. The molecule has 1 saturated carbocycles. The van der Waals surface area contributed by atoms with Crippen LogP contribution in [0.2, 0.25) is 0 Å². The minimum atomic E-state index is 0.0611. The van der Waals surface area contributed by atoms with Crippen molar-refractivity contribution < 1.29 is 4.74 Å². The van der Waals surface area contributed by atoms with Crippen LogP contribution < -0.4 is 10.1 Å². The van der Waals surface area contributed by atoms with Gasteiger partial charge in [0.15, 0.2) is 0 Å². The Kier molecular flexibility index (Phi) is 4.35. The van der Waals surface area contributed by atoms with Crippen LogP contribution in [0.15, 0.2) is 42.5 Å². The zero-order chi connectivity index (χ0) is 18.3. The summed E-state index contributed by atoms with van der Waals surface area (Å²) in [6.07, 6.45) is 7.68. The lowest BCUT2D eigenvalue weighted by Gasteiger charge is -2.45. The van der Waals surface area contributed by atoms with E-state index in [0.717, 1.165) is 24.8 Å². The molecule has 2 aliphatic heterocycles. The van der Waals surface area contributed by atoms with Gasteiger partial charge in [0.25, 0.3) is 0 Å². The van der Waals surface area contributed by atoms with Crippen molar-refractivity contribution in [3.05, 3.63) is 59.2 Å². The highest BCUT2D eigenvalue weighted by Gasteiger charge is 2.43. The maximum atomic E-state index is 6.57. The Bertz CT molecular complexity index is 802. The smallest absolute Gasteiger partial charge is 0.123 e. The highest BCUT2D eigenvalue weighted by atomic mass is 16.5. The third-order valence-corrected chi connectivity index (χ3v) is 6.82. The number of aryl methyl sites for hydroxylation is 1. The van der Waals surface area contributed by atoms with Crippen LogP contribution >= 0.6 is 0 Å². The average Bonchev–Trinajstić information content (AvgIpc) is 2.99. The first kappa shape index (κ1) is 17.1. The Labute approximate surface area is 162 Å². The zero-order valence-electron chi connectivity index (χ0n) is 16.3. The van der Waals surface area contributed by atoms with Crippen LogP contribution in [0.1, 0.15) is 48.8 Å². The minimum absolute atomic E-state index is 0.0611. The van der Waals surface area contributed by atoms with Crippen LogP contribution in [0.3, 0.4) is 0 Å². The summed E-state index contributed by atoms with van der Waals surface area (Å²) in [5.74, 6) is 1.12. The van der Waals surface area contributed by atoms with Gasteiger partial charge in [0.05, 0.1) is 0 Å². The topological polar surface area (TPSA) is 24.5 Å². The number of piperidine rings is 1. The molecule has 2 heterocycles. The van der Waals surface area contributed by atoms with E-state index in [1.807, 2.05) is 0 Å². The Morgan fingerprint density at radius 1 is 1.07 bits per heavy atom. The van der Waals surface area contributed by atoms with Crippen LogP contribution in [0, 0.1) is 6.92 Å². The molecule has 1 N–H and O–H groups in total. The maximum Gasteiger partial charge on any atom is 0.123 e. The van der Waals surface area contributed by atoms with Crippen molar-refractivity contribution in [2.45, 2.75) is 63.6 Å². The number of fused-ring (bicyclic) bond motifs is 1. The molecule has 3 aliphatic rings. The minimum Gasteiger partial charge on any atom is -0.487 e. The molecule has 5 rings (SSSR count). The van der Waals surface area contributed by atoms with Gasteiger partial charge in [-0.1, -0.05) is 36.2 Å². The van der Waals surface area contributed by atoms with Crippen molar-refractivity contribution in [1.29, 1.82) is 0 Å². The lowest BCUT2D eigenvalue weighted by Crippen LogP contribution is -2.52. The molecule has 142 valence electrons. The highest BCUT2D eigenvalue weighted by Crippen LogP contribution is 2.42. The molecule has 0 amide bonds. The molecule has 0 unspecified atom stereocenters. The number of nitrogens with zero attached hydrogens (tertiary/aromatic N) is 1. The van der Waals surface area contributed by atoms with E-state index in [9.17, 15) is 0 Å². The zero-order valence-corrected chi connectivity index (χ0v) is 16.3. The number of rotatable bonds is 4. The van der Waals surface area contributed by atoms with Crippen LogP contribution in [-0.4, -0.2) is 29.6 Å². The second-order valence-electron chi connectivity index (χ2n) is 8.74. The van der Waals surface area contributed by atoms with Crippen molar-refractivity contribution in [2.75, 3.05) is 18.4 Å². The summed E-state index contributed by atoms with van der Waals surface area (Å²) in [6.45, 7) is 5.37. The standard InChI is InChI=1S/C24H30N2O/c1-18-5-9-21(10-6-18)25-17-19-7-8-20-16-24(27-23(20)15-19)11-13-26(14-12-24)22-3-2-4-22/h5-10,15,22,25H,2-4,11-14,16-17H2,1H3. The first-order valence-electron chi connectivity index (χ1n) is 10.5. The van der Waals surface area contributed by atoms with Gasteiger partial charge in [0.2, 0.25) is 0 Å². The molecule has 3 nitrogen and oxygen atoms in total. The summed E-state index contributed by atoms with van der Waals surface area (Å²) in [5, 5.41) is 3.52. The predicted molar refractivity (Wildman–Crippen MR) is 110 cm³/mol. The van der Waals surface area contributed by atoms with Crippen molar-refractivity contribution in [2.24, 2.45) is 0 Å². The van der Waals surface area contributed by atoms with Gasteiger partial charge >= 0.3 is 0 Å². The number of anilines is 1. The van der Waals surface area contributed by atoms with Crippen molar-refractivity contribution in [3.8, 4) is 5.75 Å². The van der Waals surface area contributed by atoms with Gasteiger partial charge in [-0.2, -0.15) is 0 Å². The molecule has 1 spiro atoms. The summed E-state index contributed by atoms with van der Waals surface area (Å²) in [5.41, 5.74) is 5.21. The Morgan fingerprint density at radius 3 is 2.56 bits per heavy atom. The Balaban J connectivity index is 1.21. The average molecular weight is 363 g/mol. The van der Waals surface area contributed by atoms with E-state index in [-0.39, 0.29) is 5.60 Å². The molecule has 2 aromatic carbocycles. The van der Waals surface area contributed by atoms with Gasteiger partial charge in [0, 0.05) is 50.6 Å². The first-order chi connectivity index (χ1) is 13.2. The van der Waals surface area contributed by atoms with Gasteiger partial charge in [-0.15, -0.1) is 0 Å². The monoisotopic (exact) mass is 362 g/mol. The Hall–Kier alpha value is -2.00. The van der Waals surface area contributed by atoms with E-state index < -0.39 is 0 Å². The second kappa shape index (κ2) is 6.87. The number of nitrogens with one attached hydrogen (secondary N) is 1. The molecular formula is C24H30N2O. The third kappa shape index (κ3) is 3.45. The number of hydrogen-bond donors (Lipinski definition) is 1. The molecule has 0 bridgehead atoms. The lowest BCUT2D eigenvalue weighted by molar-refractivity contribution is -0.00748. The summed E-state index contributed by atoms with van der Waals surface area (Å²) >= 11 is 0. The van der Waals surface area contributed by atoms with Crippen LogP contribution in [0.5, 0.6) is 5.75 Å². The second-order valence-corrected chi connectivity index (χ2v) is 8.74. The van der Waals surface area contributed by atoms with E-state index in [1.165, 1.54) is 67.6 Å². The normalized spacial score (nSPS) is 21.5. The fraction of sp³-hybridized carbons (Fsp3) is 0.500. The van der Waals surface area contributed by atoms with Crippen LogP contribution in [0.4, 0.5) is 5.69 Å². The molecule has 1 aliphatic carbocycles. The number of likely N-dealkylation sites (tertiary alicyclic amines) is 1. The number of ether oxygens (including phenoxy) is 1. The lowest BCUT2D eigenvalue weighted by atomic mass is 9.84. The molecule has 0 aromatic heterocycles. The Morgan fingerprint density at radius 2 is 1.85 bits per heavy atom. The molecule has 0 radical (unpaired) electrons. The van der Waals surface area contributed by atoms with Crippen molar-refractivity contribution >= 4 is 5.69 Å². The molecule has 1 saturated heterocycles. The van der Waals surface area contributed by atoms with Gasteiger partial charge in [-0.3, -0.25) is 0 Å². The van der Waals surface area contributed by atoms with Gasteiger partial charge in [0.1, 0.15) is 11.4 Å². The fourth-order valence-electron chi connectivity index (χ4n) is 4.77. The molecular weight excluding hydrogens is 332 g/mol. The summed E-state index contributed by atoms with van der Waals surface area (Å²) in [7, 11) is 0. The van der Waals surface area contributed by atoms with Gasteiger partial charge < -0.3 is 15.0 Å². The van der Waals surface area contributed by atoms with Crippen molar-refractivity contribution in [1.82, 2.24) is 4.90 Å². The highest BCUT2D eigenvalue weighted by molar-refractivity contribution is 5.47. The van der Waals surface area contributed by atoms with E-state index in [1.54, 1.807) is 0 Å². The molecule has 0 atom stereocenters. The van der Waals surface area contributed by atoms with Crippen molar-refractivity contribution in [3.63, 3.8) is 0 Å². The SMILES string of the molecule is Cc1ccc(NCc2ccc3c(c2)OC2(CCN(C4CCC4)CC2)C3)cc1. The first-order valence-corrected chi connectivity index (χ1v) is 10.5. The molecule has 2 aromatic rings. The van der Waals surface area contributed by atoms with E-state index in [4.69, 9.17) is 4.74 Å². The van der Waals surface area contributed by atoms with Crippen LogP contribution in [0.25, 0.3) is 0 Å². The molecule has 3 heteroatoms. The summed E-state index contributed by atoms with van der Waals surface area (Å²) in [6, 6.07) is 16.2. The predicted octanol–water partition coefficient (Wildman–Crippen LogP) is 4.93. The summed E-state index contributed by atoms with van der Waals surface area (Å²) < 4.78 is 6.57. The van der Waals surface area contributed by atoms with Gasteiger partial charge in [-0.05, 0) is 49.1 Å². The number of hydrogen-bond acceptors (Lipinski definition) is 3. The fourth-order valence-corrected chi connectivity index (χ4v) is 4.77. The van der Waals surface area contributed by atoms with E-state index >= 15 is 0 Å². The summed E-state index contributed by atoms with van der Waals surface area (Å²) in [4.78, 5) is 2.71. The third-order valence-electron chi connectivity index (χ3n) is 6.82. The van der Waals surface area contributed by atoms with Gasteiger partial charge in [-0.25, -0.2) is 0 Å². The maximum absolute atomic E-state index is 6.57. The van der Waals surface area contributed by atoms with E-state index in [0.29, 0.717) is 0 Å². The number of benzene rings is 2. The quantitative estimate of drug-likeness (QED) is 0.835. The molecule has 2 fully saturated rings. The molecule has 27 heavy (non-hydrogen) atoms. The van der Waals surface area contributed by atoms with E-state index in [2.05, 4.69) is 59.6 Å².